The highest BCUT2D eigenvalue weighted by molar-refractivity contribution is 5.92. The molecule has 36 heavy (non-hydrogen) atoms. The van der Waals surface area contributed by atoms with Crippen molar-refractivity contribution in [1.29, 1.82) is 0 Å². The van der Waals surface area contributed by atoms with Crippen LogP contribution in [0.4, 0.5) is 18.0 Å². The van der Waals surface area contributed by atoms with Gasteiger partial charge in [0.25, 0.3) is 5.91 Å². The maximum Gasteiger partial charge on any atom is 0.573 e. The Bertz CT molecular complexity index is 1200. The molecule has 0 saturated heterocycles. The van der Waals surface area contributed by atoms with Gasteiger partial charge >= 0.3 is 12.5 Å². The molecule has 0 unspecified atom stereocenters. The zero-order valence-electron chi connectivity index (χ0n) is 19.2. The molecule has 2 amide bonds. The maximum absolute atomic E-state index is 13.0. The van der Waals surface area contributed by atoms with Crippen LogP contribution in [-0.2, 0) is 24.3 Å². The lowest BCUT2D eigenvalue weighted by atomic mass is 10.1. The number of benzene rings is 1. The molecule has 0 bridgehead atoms. The Morgan fingerprint density at radius 2 is 1.78 bits per heavy atom. The molecule has 0 aliphatic carbocycles. The van der Waals surface area contributed by atoms with Gasteiger partial charge < -0.3 is 23.8 Å². The van der Waals surface area contributed by atoms with E-state index in [2.05, 4.69) is 19.9 Å². The van der Waals surface area contributed by atoms with Gasteiger partial charge in [-0.2, -0.15) is 10.2 Å². The van der Waals surface area contributed by atoms with E-state index < -0.39 is 12.5 Å². The lowest BCUT2D eigenvalue weighted by Crippen LogP contribution is -2.37. The monoisotopic (exact) mass is 504 g/mol. The van der Waals surface area contributed by atoms with E-state index in [1.165, 1.54) is 17.7 Å². The first-order chi connectivity index (χ1) is 17.2. The van der Waals surface area contributed by atoms with Crippen molar-refractivity contribution in [2.75, 3.05) is 32.7 Å². The Morgan fingerprint density at radius 3 is 2.56 bits per heavy atom. The predicted octanol–water partition coefficient (Wildman–Crippen LogP) is 3.54. The molecule has 4 heterocycles. The number of nitrogens with zero attached hydrogens (tertiary/aromatic N) is 6. The lowest BCUT2D eigenvalue weighted by molar-refractivity contribution is -0.274. The van der Waals surface area contributed by atoms with Crippen molar-refractivity contribution in [3.05, 3.63) is 58.8 Å². The molecule has 3 aliphatic heterocycles. The number of amides is 2. The Kier molecular flexibility index (Phi) is 6.37. The van der Waals surface area contributed by atoms with Crippen LogP contribution in [0.3, 0.4) is 0 Å². The third-order valence-electron chi connectivity index (χ3n) is 6.24. The quantitative estimate of drug-likeness (QED) is 0.634. The zero-order chi connectivity index (χ0) is 25.3. The van der Waals surface area contributed by atoms with Crippen LogP contribution in [0.15, 0.2) is 52.0 Å². The van der Waals surface area contributed by atoms with Crippen molar-refractivity contribution in [3.63, 3.8) is 0 Å². The van der Waals surface area contributed by atoms with Crippen LogP contribution in [-0.4, -0.2) is 70.4 Å². The molecule has 0 N–H and O–H groups in total. The van der Waals surface area contributed by atoms with Gasteiger partial charge in [0, 0.05) is 38.8 Å². The minimum atomic E-state index is -4.76. The third-order valence-corrected chi connectivity index (χ3v) is 6.24. The fraction of sp³-hybridized carbons (Fsp3) is 0.435. The Morgan fingerprint density at radius 1 is 1.00 bits per heavy atom. The molecule has 0 saturated carbocycles. The van der Waals surface area contributed by atoms with Gasteiger partial charge in [-0.1, -0.05) is 12.1 Å². The second-order valence-electron chi connectivity index (χ2n) is 8.65. The van der Waals surface area contributed by atoms with Crippen LogP contribution in [0.25, 0.3) is 0 Å². The molecular weight excluding hydrogens is 481 g/mol. The summed E-state index contributed by atoms with van der Waals surface area (Å²) in [5.41, 5.74) is 2.97. The van der Waals surface area contributed by atoms with Gasteiger partial charge in [-0.15, -0.1) is 13.2 Å². The van der Waals surface area contributed by atoms with E-state index in [1.54, 1.807) is 16.0 Å². The summed E-state index contributed by atoms with van der Waals surface area (Å²) >= 11 is 0. The van der Waals surface area contributed by atoms with E-state index in [1.807, 2.05) is 4.57 Å². The molecule has 1 aromatic carbocycles. The summed E-state index contributed by atoms with van der Waals surface area (Å²) in [5, 5.41) is 8.16. The van der Waals surface area contributed by atoms with Crippen molar-refractivity contribution in [2.24, 2.45) is 10.2 Å². The smallest absolute Gasteiger partial charge is 0.445 e. The summed E-state index contributed by atoms with van der Waals surface area (Å²) in [4.78, 5) is 33.3. The molecule has 190 valence electrons. The molecule has 0 atom stereocenters. The average molecular weight is 504 g/mol. The van der Waals surface area contributed by atoms with Crippen LogP contribution in [0.1, 0.15) is 28.3 Å². The summed E-state index contributed by atoms with van der Waals surface area (Å²) in [6.07, 6.45) is -2.35. The largest absolute Gasteiger partial charge is 0.573 e. The summed E-state index contributed by atoms with van der Waals surface area (Å²) in [7, 11) is 0. The molecule has 0 fully saturated rings. The van der Waals surface area contributed by atoms with Crippen molar-refractivity contribution in [1.82, 2.24) is 19.4 Å². The van der Waals surface area contributed by atoms with Crippen LogP contribution in [0, 0.1) is 0 Å². The minimum absolute atomic E-state index is 0.0849. The number of aromatic nitrogens is 2. The first kappa shape index (κ1) is 23.8. The van der Waals surface area contributed by atoms with Crippen molar-refractivity contribution >= 4 is 12.0 Å². The highest BCUT2D eigenvalue weighted by Gasteiger charge is 2.31. The normalized spacial score (nSPS) is 17.5. The standard InChI is InChI=1S/C23H23F3N6O4/c24-23(25,26)36-17-3-1-15(2-4-17)14-35-22(34)30-8-6-20-28-19(13-31(20)10-9-30)21(33)32-7-5-16-11-27-29-18(16)12-32/h1-4,13H,5-12,14H2. The topological polar surface area (TPSA) is 102 Å². The zero-order valence-corrected chi connectivity index (χ0v) is 19.2. The van der Waals surface area contributed by atoms with Gasteiger partial charge in [0.15, 0.2) is 0 Å². The number of carbonyl (C=O) groups excluding carboxylic acids is 2. The van der Waals surface area contributed by atoms with Crippen LogP contribution in [0.5, 0.6) is 5.75 Å². The van der Waals surface area contributed by atoms with Crippen LogP contribution in [0.2, 0.25) is 0 Å². The second kappa shape index (κ2) is 9.63. The molecular formula is C23H23F3N6O4. The lowest BCUT2D eigenvalue weighted by Gasteiger charge is -2.26. The van der Waals surface area contributed by atoms with Crippen LogP contribution >= 0.6 is 0 Å². The Balaban J connectivity index is 1.13. The van der Waals surface area contributed by atoms with Crippen molar-refractivity contribution < 1.29 is 32.2 Å². The number of fused-ring (bicyclic) bond motifs is 1. The first-order valence-corrected chi connectivity index (χ1v) is 11.5. The number of azo groups is 1. The molecule has 0 radical (unpaired) electrons. The Labute approximate surface area is 204 Å². The van der Waals surface area contributed by atoms with E-state index >= 15 is 0 Å². The van der Waals surface area contributed by atoms with E-state index in [4.69, 9.17) is 4.74 Å². The fourth-order valence-electron chi connectivity index (χ4n) is 4.33. The van der Waals surface area contributed by atoms with E-state index in [-0.39, 0.29) is 18.3 Å². The van der Waals surface area contributed by atoms with Crippen LogP contribution < -0.4 is 4.74 Å². The SMILES string of the molecule is O=C(OCc1ccc(OC(F)(F)F)cc1)N1CCc2nc(C(=O)N3CCC4=C(C3)N=NC4)cn2CC1. The molecule has 3 aliphatic rings. The molecule has 13 heteroatoms. The maximum atomic E-state index is 13.0. The molecule has 5 rings (SSSR count). The van der Waals surface area contributed by atoms with E-state index in [0.29, 0.717) is 62.8 Å². The third kappa shape index (κ3) is 5.34. The number of halogens is 3. The first-order valence-electron chi connectivity index (χ1n) is 11.5. The summed E-state index contributed by atoms with van der Waals surface area (Å²) in [5.74, 6) is 0.224. The molecule has 10 nitrogen and oxygen atoms in total. The molecule has 0 spiro atoms. The minimum Gasteiger partial charge on any atom is -0.445 e. The number of ether oxygens (including phenoxy) is 2. The van der Waals surface area contributed by atoms with E-state index in [9.17, 15) is 22.8 Å². The van der Waals surface area contributed by atoms with Gasteiger partial charge in [0.05, 0.1) is 18.8 Å². The van der Waals surface area contributed by atoms with E-state index in [0.717, 1.165) is 24.3 Å². The summed E-state index contributed by atoms with van der Waals surface area (Å²) in [6.45, 7) is 2.78. The highest BCUT2D eigenvalue weighted by atomic mass is 19.4. The predicted molar refractivity (Wildman–Crippen MR) is 118 cm³/mol. The van der Waals surface area contributed by atoms with Gasteiger partial charge in [0.1, 0.15) is 23.9 Å². The number of alkyl halides is 3. The fourth-order valence-corrected chi connectivity index (χ4v) is 4.33. The number of rotatable bonds is 4. The number of hydrogen-bond donors (Lipinski definition) is 0. The van der Waals surface area contributed by atoms with Gasteiger partial charge in [-0.25, -0.2) is 9.78 Å². The van der Waals surface area contributed by atoms with Gasteiger partial charge in [0.2, 0.25) is 0 Å². The Hall–Kier alpha value is -3.90. The number of imidazole rings is 1. The average Bonchev–Trinajstić information content (AvgIpc) is 3.44. The van der Waals surface area contributed by atoms with Crippen molar-refractivity contribution in [3.8, 4) is 5.75 Å². The van der Waals surface area contributed by atoms with Gasteiger partial charge in [-0.3, -0.25) is 4.79 Å². The molecule has 1 aromatic heterocycles. The number of hydrogen-bond acceptors (Lipinski definition) is 7. The molecule has 2 aromatic rings. The van der Waals surface area contributed by atoms with Gasteiger partial charge in [-0.05, 0) is 29.7 Å². The number of carbonyl (C=O) groups is 2. The highest BCUT2D eigenvalue weighted by Crippen LogP contribution is 2.26. The van der Waals surface area contributed by atoms with Crippen molar-refractivity contribution in [2.45, 2.75) is 32.4 Å². The second-order valence-corrected chi connectivity index (χ2v) is 8.65. The summed E-state index contributed by atoms with van der Waals surface area (Å²) in [6, 6.07) is 5.14. The summed E-state index contributed by atoms with van der Waals surface area (Å²) < 4.78 is 47.8.